The van der Waals surface area contributed by atoms with Gasteiger partial charge in [-0.2, -0.15) is 0 Å². The number of carbonyl (C=O) groups excluding carboxylic acids is 1. The first-order valence-corrected chi connectivity index (χ1v) is 2.78. The van der Waals surface area contributed by atoms with Crippen LogP contribution in [0.3, 0.4) is 0 Å². The molecule has 1 aliphatic heterocycles. The van der Waals surface area contributed by atoms with E-state index in [2.05, 4.69) is 10.4 Å². The van der Waals surface area contributed by atoms with Crippen molar-refractivity contribution < 1.29 is 4.79 Å². The zero-order chi connectivity index (χ0) is 7.40. The summed E-state index contributed by atoms with van der Waals surface area (Å²) < 4.78 is 0. The van der Waals surface area contributed by atoms with E-state index in [0.717, 1.165) is 0 Å². The molecule has 0 unspecified atom stereocenters. The van der Waals surface area contributed by atoms with Gasteiger partial charge in [0, 0.05) is 12.4 Å². The van der Waals surface area contributed by atoms with Crippen LogP contribution in [0.4, 0.5) is 4.79 Å². The molecule has 1 rings (SSSR count). The number of carbonyl (C=O) groups is 1. The lowest BCUT2D eigenvalue weighted by molar-refractivity contribution is 0.218. The fourth-order valence-electron chi connectivity index (χ4n) is 0.600. The highest BCUT2D eigenvalue weighted by atomic mass is 16.2. The van der Waals surface area contributed by atoms with Crippen molar-refractivity contribution in [1.29, 1.82) is 0 Å². The lowest BCUT2D eigenvalue weighted by atomic mass is 10.6. The molecule has 2 amide bonds. The molecular weight excluding hydrogens is 132 g/mol. The van der Waals surface area contributed by atoms with E-state index < -0.39 is 6.03 Å². The number of nitrogens with one attached hydrogen (secondary N) is 1. The Morgan fingerprint density at radius 2 is 2.60 bits per heavy atom. The average molecular weight is 140 g/mol. The zero-order valence-corrected chi connectivity index (χ0v) is 5.32. The number of hydrazine groups is 1. The third kappa shape index (κ3) is 1.77. The Morgan fingerprint density at radius 3 is 3.10 bits per heavy atom. The second kappa shape index (κ2) is 2.86. The Labute approximate surface area is 58.2 Å². The molecule has 0 aromatic heterocycles. The van der Waals surface area contributed by atoms with Crippen molar-refractivity contribution >= 4 is 12.2 Å². The topological polar surface area (TPSA) is 70.7 Å². The molecule has 10 heavy (non-hydrogen) atoms. The van der Waals surface area contributed by atoms with Gasteiger partial charge < -0.3 is 5.73 Å². The molecular formula is C5H8N4O. The van der Waals surface area contributed by atoms with E-state index in [-0.39, 0.29) is 0 Å². The largest absolute Gasteiger partial charge is 0.350 e. The molecule has 5 heteroatoms. The van der Waals surface area contributed by atoms with Crippen LogP contribution in [0.15, 0.2) is 17.3 Å². The van der Waals surface area contributed by atoms with Gasteiger partial charge in [0.15, 0.2) is 0 Å². The zero-order valence-electron chi connectivity index (χ0n) is 5.32. The van der Waals surface area contributed by atoms with Crippen LogP contribution in [0.2, 0.25) is 0 Å². The summed E-state index contributed by atoms with van der Waals surface area (Å²) >= 11 is 0. The maximum atomic E-state index is 10.3. The third-order valence-corrected chi connectivity index (χ3v) is 0.945. The highest BCUT2D eigenvalue weighted by Gasteiger charge is 1.99. The molecule has 0 saturated carbocycles. The van der Waals surface area contributed by atoms with E-state index in [0.29, 0.717) is 6.67 Å². The standard InChI is InChI=1S/C5H8N4O/c6-5(10)8-9-3-1-2-7-4-9/h1-3H,4H2,(H3,6,8,10). The van der Waals surface area contributed by atoms with Crippen LogP contribution in [-0.4, -0.2) is 23.9 Å². The van der Waals surface area contributed by atoms with Crippen molar-refractivity contribution in [3.63, 3.8) is 0 Å². The lowest BCUT2D eigenvalue weighted by Crippen LogP contribution is -2.42. The summed E-state index contributed by atoms with van der Waals surface area (Å²) in [5, 5.41) is 1.49. The van der Waals surface area contributed by atoms with Gasteiger partial charge in [-0.25, -0.2) is 10.2 Å². The first-order chi connectivity index (χ1) is 4.79. The normalized spacial score (nSPS) is 15.4. The predicted octanol–water partition coefficient (Wildman–Crippen LogP) is -0.573. The molecule has 0 radical (unpaired) electrons. The minimum atomic E-state index is -0.582. The van der Waals surface area contributed by atoms with Crippen LogP contribution < -0.4 is 11.2 Å². The quantitative estimate of drug-likeness (QED) is 0.512. The Kier molecular flexibility index (Phi) is 1.89. The van der Waals surface area contributed by atoms with Crippen LogP contribution in [0, 0.1) is 0 Å². The molecule has 3 N–H and O–H groups in total. The van der Waals surface area contributed by atoms with Crippen LogP contribution >= 0.6 is 0 Å². The van der Waals surface area contributed by atoms with E-state index >= 15 is 0 Å². The number of aliphatic imine (C=N–C) groups is 1. The number of allylic oxidation sites excluding steroid dienone is 1. The molecule has 0 spiro atoms. The SMILES string of the molecule is NC(=O)NN1C=CC=NC1. The van der Waals surface area contributed by atoms with Crippen molar-refractivity contribution in [3.8, 4) is 0 Å². The second-order valence-corrected chi connectivity index (χ2v) is 1.76. The van der Waals surface area contributed by atoms with Gasteiger partial charge >= 0.3 is 6.03 Å². The lowest BCUT2D eigenvalue weighted by Gasteiger charge is -2.18. The molecule has 54 valence electrons. The number of urea groups is 1. The highest BCUT2D eigenvalue weighted by Crippen LogP contribution is 1.88. The fraction of sp³-hybridized carbons (Fsp3) is 0.200. The summed E-state index contributed by atoms with van der Waals surface area (Å²) in [6.45, 7) is 0.416. The van der Waals surface area contributed by atoms with Gasteiger partial charge in [0.1, 0.15) is 6.67 Å². The minimum absolute atomic E-state index is 0.416. The summed E-state index contributed by atoms with van der Waals surface area (Å²) in [7, 11) is 0. The highest BCUT2D eigenvalue weighted by molar-refractivity contribution is 5.73. The van der Waals surface area contributed by atoms with Crippen LogP contribution in [0.1, 0.15) is 0 Å². The van der Waals surface area contributed by atoms with E-state index in [9.17, 15) is 4.79 Å². The van der Waals surface area contributed by atoms with Gasteiger partial charge in [0.25, 0.3) is 0 Å². The fourth-order valence-corrected chi connectivity index (χ4v) is 0.600. The Morgan fingerprint density at radius 1 is 1.80 bits per heavy atom. The van der Waals surface area contributed by atoms with Gasteiger partial charge in [-0.15, -0.1) is 0 Å². The predicted molar refractivity (Wildman–Crippen MR) is 37.1 cm³/mol. The number of amides is 2. The average Bonchev–Trinajstić information content (AvgIpc) is 1.88. The van der Waals surface area contributed by atoms with Gasteiger partial charge in [0.2, 0.25) is 0 Å². The first-order valence-electron chi connectivity index (χ1n) is 2.78. The van der Waals surface area contributed by atoms with Gasteiger partial charge in [0.05, 0.1) is 0 Å². The van der Waals surface area contributed by atoms with Crippen molar-refractivity contribution in [1.82, 2.24) is 10.4 Å². The Bertz CT molecular complexity index is 186. The molecule has 1 heterocycles. The van der Waals surface area contributed by atoms with E-state index in [1.807, 2.05) is 0 Å². The first kappa shape index (κ1) is 6.60. The Balaban J connectivity index is 2.37. The van der Waals surface area contributed by atoms with Crippen molar-refractivity contribution in [2.45, 2.75) is 0 Å². The molecule has 0 aromatic rings. The molecule has 0 bridgehead atoms. The van der Waals surface area contributed by atoms with E-state index in [1.54, 1.807) is 18.5 Å². The number of rotatable bonds is 1. The summed E-state index contributed by atoms with van der Waals surface area (Å²) in [5.41, 5.74) is 7.20. The van der Waals surface area contributed by atoms with E-state index in [4.69, 9.17) is 5.73 Å². The molecule has 0 aromatic carbocycles. The number of hydrogen-bond donors (Lipinski definition) is 2. The van der Waals surface area contributed by atoms with Crippen molar-refractivity contribution in [3.05, 3.63) is 12.3 Å². The maximum Gasteiger partial charge on any atom is 0.331 e. The molecule has 0 aliphatic carbocycles. The smallest absolute Gasteiger partial charge is 0.331 e. The van der Waals surface area contributed by atoms with Gasteiger partial charge in [-0.3, -0.25) is 10.0 Å². The molecule has 0 fully saturated rings. The van der Waals surface area contributed by atoms with Crippen molar-refractivity contribution in [2.75, 3.05) is 6.67 Å². The summed E-state index contributed by atoms with van der Waals surface area (Å²) in [5.74, 6) is 0. The van der Waals surface area contributed by atoms with Crippen molar-refractivity contribution in [2.24, 2.45) is 10.7 Å². The molecule has 1 aliphatic rings. The summed E-state index contributed by atoms with van der Waals surface area (Å²) in [4.78, 5) is 14.1. The monoisotopic (exact) mass is 140 g/mol. The van der Waals surface area contributed by atoms with Crippen LogP contribution in [0.25, 0.3) is 0 Å². The number of nitrogens with two attached hydrogens (primary N) is 1. The minimum Gasteiger partial charge on any atom is -0.350 e. The maximum absolute atomic E-state index is 10.3. The van der Waals surface area contributed by atoms with Crippen LogP contribution in [0.5, 0.6) is 0 Å². The molecule has 0 saturated heterocycles. The van der Waals surface area contributed by atoms with Gasteiger partial charge in [-0.05, 0) is 6.08 Å². The Hall–Kier alpha value is -1.52. The van der Waals surface area contributed by atoms with Crippen LogP contribution in [-0.2, 0) is 0 Å². The summed E-state index contributed by atoms with van der Waals surface area (Å²) in [6.07, 6.45) is 5.04. The number of hydrogen-bond acceptors (Lipinski definition) is 3. The number of primary amides is 1. The summed E-state index contributed by atoms with van der Waals surface area (Å²) in [6, 6.07) is -0.582. The third-order valence-electron chi connectivity index (χ3n) is 0.945. The second-order valence-electron chi connectivity index (χ2n) is 1.76. The molecule has 0 atom stereocenters. The number of nitrogens with zero attached hydrogens (tertiary/aromatic N) is 2. The van der Waals surface area contributed by atoms with E-state index in [1.165, 1.54) is 5.01 Å². The van der Waals surface area contributed by atoms with Gasteiger partial charge in [-0.1, -0.05) is 0 Å². The molecule has 5 nitrogen and oxygen atoms in total.